The second-order valence-corrected chi connectivity index (χ2v) is 4.01. The molecule has 1 saturated carbocycles. The van der Waals surface area contributed by atoms with Gasteiger partial charge in [-0.05, 0) is 38.6 Å². The van der Waals surface area contributed by atoms with Crippen LogP contribution in [0.2, 0.25) is 0 Å². The molecule has 0 aromatic rings. The third-order valence-corrected chi connectivity index (χ3v) is 2.97. The van der Waals surface area contributed by atoms with Crippen molar-refractivity contribution in [3.05, 3.63) is 0 Å². The molecule has 3 heteroatoms. The zero-order chi connectivity index (χ0) is 10.4. The fourth-order valence-electron chi connectivity index (χ4n) is 2.15. The number of carbonyl (C=O) groups is 1. The van der Waals surface area contributed by atoms with E-state index in [0.29, 0.717) is 12.5 Å². The highest BCUT2D eigenvalue weighted by Crippen LogP contribution is 2.28. The Hall–Kier alpha value is -0.570. The molecule has 1 aliphatic rings. The molecule has 1 rings (SSSR count). The molecule has 0 radical (unpaired) electrons. The summed E-state index contributed by atoms with van der Waals surface area (Å²) in [7, 11) is 1.76. The standard InChI is InChI=1S/C11H21NO2/c1-3-9-6-4-5-7-10(9)14-11(13)8-12-2/h9-10,12H,3-8H2,1-2H3. The summed E-state index contributed by atoms with van der Waals surface area (Å²) >= 11 is 0. The minimum atomic E-state index is -0.113. The summed E-state index contributed by atoms with van der Waals surface area (Å²) < 4.78 is 5.43. The molecule has 1 aliphatic carbocycles. The normalized spacial score (nSPS) is 27.3. The van der Waals surface area contributed by atoms with Crippen molar-refractivity contribution in [3.63, 3.8) is 0 Å². The van der Waals surface area contributed by atoms with Crippen molar-refractivity contribution in [2.75, 3.05) is 13.6 Å². The molecule has 14 heavy (non-hydrogen) atoms. The van der Waals surface area contributed by atoms with Gasteiger partial charge >= 0.3 is 5.97 Å². The number of ether oxygens (including phenoxy) is 1. The van der Waals surface area contributed by atoms with Gasteiger partial charge in [0.2, 0.25) is 0 Å². The van der Waals surface area contributed by atoms with E-state index < -0.39 is 0 Å². The zero-order valence-corrected chi connectivity index (χ0v) is 9.21. The molecule has 3 nitrogen and oxygen atoms in total. The Morgan fingerprint density at radius 3 is 2.79 bits per heavy atom. The van der Waals surface area contributed by atoms with Crippen LogP contribution in [0.4, 0.5) is 0 Å². The molecule has 0 saturated heterocycles. The van der Waals surface area contributed by atoms with Gasteiger partial charge in [-0.25, -0.2) is 0 Å². The van der Waals surface area contributed by atoms with Crippen LogP contribution in [0.15, 0.2) is 0 Å². The third kappa shape index (κ3) is 3.29. The highest BCUT2D eigenvalue weighted by atomic mass is 16.5. The van der Waals surface area contributed by atoms with Crippen LogP contribution in [0.1, 0.15) is 39.0 Å². The van der Waals surface area contributed by atoms with Crippen molar-refractivity contribution in [2.45, 2.75) is 45.1 Å². The molecule has 1 fully saturated rings. The first-order valence-electron chi connectivity index (χ1n) is 5.62. The van der Waals surface area contributed by atoms with Gasteiger partial charge < -0.3 is 10.1 Å². The summed E-state index contributed by atoms with van der Waals surface area (Å²) in [5.74, 6) is 0.474. The molecule has 0 aliphatic heterocycles. The maximum absolute atomic E-state index is 11.3. The first kappa shape index (κ1) is 11.5. The topological polar surface area (TPSA) is 38.3 Å². The predicted molar refractivity (Wildman–Crippen MR) is 56.1 cm³/mol. The summed E-state index contributed by atoms with van der Waals surface area (Å²) in [5, 5.41) is 2.82. The summed E-state index contributed by atoms with van der Waals surface area (Å²) in [4.78, 5) is 11.3. The quantitative estimate of drug-likeness (QED) is 0.701. The molecule has 0 aromatic carbocycles. The summed E-state index contributed by atoms with van der Waals surface area (Å²) in [6, 6.07) is 0. The van der Waals surface area contributed by atoms with E-state index in [1.807, 2.05) is 0 Å². The van der Waals surface area contributed by atoms with Crippen LogP contribution < -0.4 is 5.32 Å². The number of likely N-dealkylation sites (N-methyl/N-ethyl adjacent to an activating group) is 1. The lowest BCUT2D eigenvalue weighted by atomic mass is 9.85. The minimum absolute atomic E-state index is 0.113. The lowest BCUT2D eigenvalue weighted by molar-refractivity contribution is -0.152. The smallest absolute Gasteiger partial charge is 0.320 e. The van der Waals surface area contributed by atoms with Crippen LogP contribution >= 0.6 is 0 Å². The first-order valence-corrected chi connectivity index (χ1v) is 5.62. The van der Waals surface area contributed by atoms with Gasteiger partial charge in [0.15, 0.2) is 0 Å². The van der Waals surface area contributed by atoms with Gasteiger partial charge in [-0.3, -0.25) is 4.79 Å². The van der Waals surface area contributed by atoms with E-state index in [1.165, 1.54) is 19.3 Å². The number of carbonyl (C=O) groups excluding carboxylic acids is 1. The molecule has 82 valence electrons. The average Bonchev–Trinajstić information content (AvgIpc) is 2.19. The molecular formula is C11H21NO2. The molecule has 0 heterocycles. The Balaban J connectivity index is 2.36. The van der Waals surface area contributed by atoms with Crippen LogP contribution in [-0.4, -0.2) is 25.7 Å². The Bertz CT molecular complexity index is 182. The molecule has 0 bridgehead atoms. The largest absolute Gasteiger partial charge is 0.461 e. The second kappa shape index (κ2) is 6.02. The van der Waals surface area contributed by atoms with E-state index >= 15 is 0 Å². The summed E-state index contributed by atoms with van der Waals surface area (Å²) in [5.41, 5.74) is 0. The number of esters is 1. The van der Waals surface area contributed by atoms with Gasteiger partial charge in [-0.15, -0.1) is 0 Å². The van der Waals surface area contributed by atoms with Crippen LogP contribution in [0.3, 0.4) is 0 Å². The fraction of sp³-hybridized carbons (Fsp3) is 0.909. The van der Waals surface area contributed by atoms with E-state index in [1.54, 1.807) is 7.05 Å². The molecule has 0 amide bonds. The number of hydrogen-bond acceptors (Lipinski definition) is 3. The van der Waals surface area contributed by atoms with E-state index in [-0.39, 0.29) is 12.1 Å². The molecular weight excluding hydrogens is 178 g/mol. The molecule has 1 N–H and O–H groups in total. The van der Waals surface area contributed by atoms with Crippen LogP contribution in [0.5, 0.6) is 0 Å². The average molecular weight is 199 g/mol. The SMILES string of the molecule is CCC1CCCCC1OC(=O)CNC. The van der Waals surface area contributed by atoms with E-state index in [9.17, 15) is 4.79 Å². The van der Waals surface area contributed by atoms with Gasteiger partial charge in [-0.1, -0.05) is 13.3 Å². The second-order valence-electron chi connectivity index (χ2n) is 4.01. The van der Waals surface area contributed by atoms with Crippen LogP contribution in [-0.2, 0) is 9.53 Å². The van der Waals surface area contributed by atoms with Crippen LogP contribution in [0, 0.1) is 5.92 Å². The third-order valence-electron chi connectivity index (χ3n) is 2.97. The monoisotopic (exact) mass is 199 g/mol. The molecule has 0 spiro atoms. The zero-order valence-electron chi connectivity index (χ0n) is 9.21. The van der Waals surface area contributed by atoms with Crippen LogP contribution in [0.25, 0.3) is 0 Å². The summed E-state index contributed by atoms with van der Waals surface area (Å²) in [6.45, 7) is 2.50. The van der Waals surface area contributed by atoms with Gasteiger partial charge in [0.05, 0.1) is 6.54 Å². The predicted octanol–water partition coefficient (Wildman–Crippen LogP) is 1.72. The Kier molecular flexibility index (Phi) is 4.94. The highest BCUT2D eigenvalue weighted by molar-refractivity contribution is 5.71. The first-order chi connectivity index (χ1) is 6.77. The molecule has 2 atom stereocenters. The number of hydrogen-bond donors (Lipinski definition) is 1. The highest BCUT2D eigenvalue weighted by Gasteiger charge is 2.26. The molecule has 2 unspecified atom stereocenters. The van der Waals surface area contributed by atoms with Gasteiger partial charge in [-0.2, -0.15) is 0 Å². The lowest BCUT2D eigenvalue weighted by Crippen LogP contribution is -2.32. The minimum Gasteiger partial charge on any atom is -0.461 e. The van der Waals surface area contributed by atoms with Gasteiger partial charge in [0.1, 0.15) is 6.10 Å². The van der Waals surface area contributed by atoms with Crippen molar-refractivity contribution < 1.29 is 9.53 Å². The maximum Gasteiger partial charge on any atom is 0.320 e. The summed E-state index contributed by atoms with van der Waals surface area (Å²) in [6.07, 6.45) is 6.06. The Morgan fingerprint density at radius 1 is 1.43 bits per heavy atom. The van der Waals surface area contributed by atoms with Crippen molar-refractivity contribution in [2.24, 2.45) is 5.92 Å². The Labute approximate surface area is 86.2 Å². The van der Waals surface area contributed by atoms with E-state index in [4.69, 9.17) is 4.74 Å². The van der Waals surface area contributed by atoms with Crippen molar-refractivity contribution in [1.29, 1.82) is 0 Å². The maximum atomic E-state index is 11.3. The van der Waals surface area contributed by atoms with Crippen molar-refractivity contribution >= 4 is 5.97 Å². The Morgan fingerprint density at radius 2 is 2.14 bits per heavy atom. The fourth-order valence-corrected chi connectivity index (χ4v) is 2.15. The van der Waals surface area contributed by atoms with Gasteiger partial charge in [0, 0.05) is 0 Å². The number of rotatable bonds is 4. The number of nitrogens with one attached hydrogen (secondary N) is 1. The lowest BCUT2D eigenvalue weighted by Gasteiger charge is -2.30. The molecule has 0 aromatic heterocycles. The van der Waals surface area contributed by atoms with Gasteiger partial charge in [0.25, 0.3) is 0 Å². The van der Waals surface area contributed by atoms with E-state index in [2.05, 4.69) is 12.2 Å². The van der Waals surface area contributed by atoms with Crippen molar-refractivity contribution in [1.82, 2.24) is 5.32 Å². The van der Waals surface area contributed by atoms with Crippen molar-refractivity contribution in [3.8, 4) is 0 Å². The van der Waals surface area contributed by atoms with E-state index in [0.717, 1.165) is 12.8 Å².